The van der Waals surface area contributed by atoms with Crippen molar-refractivity contribution in [2.45, 2.75) is 103 Å². The fourth-order valence-electron chi connectivity index (χ4n) is 4.15. The number of carboxylic acids is 2. The van der Waals surface area contributed by atoms with Gasteiger partial charge in [0, 0.05) is 18.8 Å². The van der Waals surface area contributed by atoms with Crippen LogP contribution in [0.3, 0.4) is 0 Å². The molecule has 8 nitrogen and oxygen atoms in total. The summed E-state index contributed by atoms with van der Waals surface area (Å²) in [5, 5.41) is 30.0. The minimum atomic E-state index is -1.41. The molecule has 1 fully saturated rings. The first-order valence-electron chi connectivity index (χ1n) is 11.9. The van der Waals surface area contributed by atoms with Crippen LogP contribution in [0.15, 0.2) is 12.2 Å². The van der Waals surface area contributed by atoms with Gasteiger partial charge >= 0.3 is 11.9 Å². The summed E-state index contributed by atoms with van der Waals surface area (Å²) in [7, 11) is 0. The number of carbonyl (C=O) groups excluding carboxylic acids is 2. The molecular formula is C24H39NO7. The third-order valence-corrected chi connectivity index (χ3v) is 6.02. The first kappa shape index (κ1) is 27.8. The first-order valence-corrected chi connectivity index (χ1v) is 11.9. The predicted octanol–water partition coefficient (Wildman–Crippen LogP) is 3.46. The van der Waals surface area contributed by atoms with E-state index >= 15 is 0 Å². The largest absolute Gasteiger partial charge is 0.481 e. The Balaban J connectivity index is 2.27. The van der Waals surface area contributed by atoms with E-state index in [1.165, 1.54) is 0 Å². The van der Waals surface area contributed by atoms with Crippen LogP contribution in [0, 0.1) is 11.8 Å². The molecular weight excluding hydrogens is 414 g/mol. The molecule has 0 spiro atoms. The molecule has 1 unspecified atom stereocenters. The van der Waals surface area contributed by atoms with Gasteiger partial charge in [0.2, 0.25) is 5.91 Å². The van der Waals surface area contributed by atoms with E-state index in [-0.39, 0.29) is 24.0 Å². The number of rotatable bonds is 17. The number of hydrogen-bond donors (Lipinski definition) is 4. The number of unbranched alkanes of at least 4 members (excludes halogenated alkanes) is 5. The standard InChI is InChI=1S/C24H39NO7/c1-2-3-6-9-18(26)14-12-17-13-15-21(27)19(17)10-7-4-5-8-11-22(28)25-20(24(31)32)16-23(29)30/h12,14,17-20,26H,2-11,13,15-16H2,1H3,(H,25,28)(H,29,30)(H,31,32)/b14-12+/t17-,18-,19+,20?/m0/s1. The van der Waals surface area contributed by atoms with E-state index in [0.29, 0.717) is 12.8 Å². The highest BCUT2D eigenvalue weighted by Gasteiger charge is 2.32. The van der Waals surface area contributed by atoms with Gasteiger partial charge in [0.05, 0.1) is 12.5 Å². The Morgan fingerprint density at radius 1 is 1.09 bits per heavy atom. The van der Waals surface area contributed by atoms with Gasteiger partial charge < -0.3 is 20.6 Å². The van der Waals surface area contributed by atoms with Crippen LogP contribution in [0.25, 0.3) is 0 Å². The zero-order chi connectivity index (χ0) is 23.9. The van der Waals surface area contributed by atoms with Crippen LogP contribution in [0.1, 0.15) is 90.4 Å². The molecule has 4 atom stereocenters. The average molecular weight is 454 g/mol. The third kappa shape index (κ3) is 11.4. The molecule has 1 aliphatic rings. The zero-order valence-electron chi connectivity index (χ0n) is 19.1. The molecule has 4 N–H and O–H groups in total. The Morgan fingerprint density at radius 2 is 1.81 bits per heavy atom. The lowest BCUT2D eigenvalue weighted by molar-refractivity contribution is -0.147. The Kier molecular flexibility index (Phi) is 13.5. The highest BCUT2D eigenvalue weighted by molar-refractivity contribution is 5.86. The summed E-state index contributed by atoms with van der Waals surface area (Å²) in [5.41, 5.74) is 0. The number of aliphatic hydroxyl groups excluding tert-OH is 1. The fourth-order valence-corrected chi connectivity index (χ4v) is 4.15. The molecule has 1 saturated carbocycles. The van der Waals surface area contributed by atoms with Gasteiger partial charge in [0.15, 0.2) is 0 Å². The molecule has 182 valence electrons. The highest BCUT2D eigenvalue weighted by atomic mass is 16.4. The summed E-state index contributed by atoms with van der Waals surface area (Å²) in [6.45, 7) is 2.13. The summed E-state index contributed by atoms with van der Waals surface area (Å²) < 4.78 is 0. The number of nitrogens with one attached hydrogen (secondary N) is 1. The van der Waals surface area contributed by atoms with Gasteiger partial charge in [-0.05, 0) is 31.6 Å². The average Bonchev–Trinajstić information content (AvgIpc) is 3.07. The number of Topliss-reactive ketones (excluding diaryl/α,β-unsaturated/α-hetero) is 1. The van der Waals surface area contributed by atoms with Crippen molar-refractivity contribution in [1.29, 1.82) is 0 Å². The number of amides is 1. The van der Waals surface area contributed by atoms with Crippen molar-refractivity contribution in [2.75, 3.05) is 0 Å². The predicted molar refractivity (Wildman–Crippen MR) is 120 cm³/mol. The monoisotopic (exact) mass is 453 g/mol. The van der Waals surface area contributed by atoms with Crippen LogP contribution < -0.4 is 5.32 Å². The third-order valence-electron chi connectivity index (χ3n) is 6.02. The maximum absolute atomic E-state index is 12.2. The zero-order valence-corrected chi connectivity index (χ0v) is 19.1. The minimum absolute atomic E-state index is 0.00438. The van der Waals surface area contributed by atoms with Crippen LogP contribution in [0.5, 0.6) is 0 Å². The number of hydrogen-bond acceptors (Lipinski definition) is 5. The Hall–Kier alpha value is -2.22. The molecule has 0 saturated heterocycles. The molecule has 8 heteroatoms. The molecule has 32 heavy (non-hydrogen) atoms. The smallest absolute Gasteiger partial charge is 0.326 e. The quantitative estimate of drug-likeness (QED) is 0.195. The Bertz CT molecular complexity index is 646. The summed E-state index contributed by atoms with van der Waals surface area (Å²) >= 11 is 0. The second-order valence-electron chi connectivity index (χ2n) is 8.73. The molecule has 0 radical (unpaired) electrons. The van der Waals surface area contributed by atoms with E-state index in [9.17, 15) is 24.3 Å². The Morgan fingerprint density at radius 3 is 2.47 bits per heavy atom. The maximum Gasteiger partial charge on any atom is 0.326 e. The fraction of sp³-hybridized carbons (Fsp3) is 0.750. The number of aliphatic carboxylic acids is 2. The van der Waals surface area contributed by atoms with E-state index in [1.807, 2.05) is 12.2 Å². The van der Waals surface area contributed by atoms with Gasteiger partial charge in [0.1, 0.15) is 11.8 Å². The van der Waals surface area contributed by atoms with E-state index in [4.69, 9.17) is 10.2 Å². The summed E-state index contributed by atoms with van der Waals surface area (Å²) in [4.78, 5) is 45.7. The van der Waals surface area contributed by atoms with E-state index < -0.39 is 36.4 Å². The van der Waals surface area contributed by atoms with Crippen LogP contribution >= 0.6 is 0 Å². The summed E-state index contributed by atoms with van der Waals surface area (Å²) in [6, 6.07) is -1.41. The van der Waals surface area contributed by atoms with Crippen molar-refractivity contribution >= 4 is 23.6 Å². The molecule has 1 amide bonds. The van der Waals surface area contributed by atoms with Gasteiger partial charge in [0.25, 0.3) is 0 Å². The highest BCUT2D eigenvalue weighted by Crippen LogP contribution is 2.34. The van der Waals surface area contributed by atoms with Crippen LogP contribution in [-0.4, -0.2) is 51.1 Å². The van der Waals surface area contributed by atoms with Gasteiger partial charge in [-0.3, -0.25) is 14.4 Å². The van der Waals surface area contributed by atoms with Crippen LogP contribution in [0.4, 0.5) is 0 Å². The molecule has 0 aliphatic heterocycles. The van der Waals surface area contributed by atoms with Crippen molar-refractivity contribution in [3.05, 3.63) is 12.2 Å². The lowest BCUT2D eigenvalue weighted by atomic mass is 9.89. The second-order valence-corrected chi connectivity index (χ2v) is 8.73. The van der Waals surface area contributed by atoms with Gasteiger partial charge in [-0.15, -0.1) is 0 Å². The van der Waals surface area contributed by atoms with Crippen molar-refractivity contribution in [2.24, 2.45) is 11.8 Å². The van der Waals surface area contributed by atoms with Gasteiger partial charge in [-0.1, -0.05) is 57.6 Å². The van der Waals surface area contributed by atoms with Crippen molar-refractivity contribution in [1.82, 2.24) is 5.32 Å². The molecule has 1 rings (SSSR count). The molecule has 0 heterocycles. The van der Waals surface area contributed by atoms with Gasteiger partial charge in [-0.2, -0.15) is 0 Å². The van der Waals surface area contributed by atoms with Crippen molar-refractivity contribution in [3.8, 4) is 0 Å². The van der Waals surface area contributed by atoms with Crippen molar-refractivity contribution < 1.29 is 34.5 Å². The number of allylic oxidation sites excluding steroid dienone is 1. The Labute approximate surface area is 190 Å². The number of aliphatic hydroxyl groups is 1. The summed E-state index contributed by atoms with van der Waals surface area (Å²) in [6.07, 6.45) is 12.2. The molecule has 0 bridgehead atoms. The normalized spacial score (nSPS) is 20.4. The minimum Gasteiger partial charge on any atom is -0.481 e. The lowest BCUT2D eigenvalue weighted by Gasteiger charge is -2.15. The van der Waals surface area contributed by atoms with Crippen molar-refractivity contribution in [3.63, 3.8) is 0 Å². The molecule has 0 aromatic carbocycles. The van der Waals surface area contributed by atoms with E-state index in [2.05, 4.69) is 12.2 Å². The van der Waals surface area contributed by atoms with Gasteiger partial charge in [-0.25, -0.2) is 4.79 Å². The summed E-state index contributed by atoms with van der Waals surface area (Å²) in [5.74, 6) is -2.62. The SMILES string of the molecule is CCCCC[C@H](O)/C=C/[C@H]1CCC(=O)[C@@H]1CCCCCCC(=O)NC(CC(=O)O)C(=O)O. The second kappa shape index (κ2) is 15.6. The first-order chi connectivity index (χ1) is 15.2. The number of carbonyl (C=O) groups is 4. The topological polar surface area (TPSA) is 141 Å². The van der Waals surface area contributed by atoms with E-state index in [1.54, 1.807) is 0 Å². The lowest BCUT2D eigenvalue weighted by Crippen LogP contribution is -2.42. The van der Waals surface area contributed by atoms with Crippen LogP contribution in [0.2, 0.25) is 0 Å². The van der Waals surface area contributed by atoms with Crippen LogP contribution in [-0.2, 0) is 19.2 Å². The molecule has 0 aromatic rings. The molecule has 0 aromatic heterocycles. The number of ketones is 1. The molecule has 1 aliphatic carbocycles. The maximum atomic E-state index is 12.2. The van der Waals surface area contributed by atoms with E-state index in [0.717, 1.165) is 57.8 Å². The number of carboxylic acid groups (broad SMARTS) is 2.